The first-order chi connectivity index (χ1) is 10.7. The van der Waals surface area contributed by atoms with E-state index in [1.54, 1.807) is 6.07 Å². The van der Waals surface area contributed by atoms with Crippen LogP contribution < -0.4 is 10.1 Å². The van der Waals surface area contributed by atoms with Crippen LogP contribution in [-0.2, 0) is 4.79 Å². The number of aromatic nitrogens is 1. The zero-order chi connectivity index (χ0) is 17.0. The van der Waals surface area contributed by atoms with E-state index in [0.717, 1.165) is 16.6 Å². The van der Waals surface area contributed by atoms with E-state index < -0.39 is 12.3 Å². The van der Waals surface area contributed by atoms with Gasteiger partial charge in [-0.25, -0.2) is 4.98 Å². The molecule has 0 radical (unpaired) electrons. The summed E-state index contributed by atoms with van der Waals surface area (Å²) in [7, 11) is 0. The van der Waals surface area contributed by atoms with Crippen molar-refractivity contribution in [3.63, 3.8) is 0 Å². The van der Waals surface area contributed by atoms with Gasteiger partial charge in [0.05, 0.1) is 5.69 Å². The number of benzene rings is 1. The van der Waals surface area contributed by atoms with E-state index in [1.807, 2.05) is 13.8 Å². The zero-order valence-corrected chi connectivity index (χ0v) is 13.1. The molecule has 2 rings (SSSR count). The van der Waals surface area contributed by atoms with Crippen LogP contribution in [0.5, 0.6) is 5.75 Å². The number of alkyl halides is 3. The highest BCUT2D eigenvalue weighted by molar-refractivity contribution is 7.15. The zero-order valence-electron chi connectivity index (χ0n) is 12.3. The van der Waals surface area contributed by atoms with Crippen molar-refractivity contribution in [1.29, 1.82) is 0 Å². The van der Waals surface area contributed by atoms with Crippen molar-refractivity contribution in [3.05, 3.63) is 46.5 Å². The summed E-state index contributed by atoms with van der Waals surface area (Å²) >= 11 is 1.32. The molecule has 0 unspecified atom stereocenters. The predicted octanol–water partition coefficient (Wildman–Crippen LogP) is 4.31. The van der Waals surface area contributed by atoms with Crippen molar-refractivity contribution in [2.75, 3.05) is 5.32 Å². The molecular weight excluding hydrogens is 329 g/mol. The molecule has 1 N–H and O–H groups in total. The van der Waals surface area contributed by atoms with Crippen LogP contribution >= 0.6 is 11.3 Å². The fraction of sp³-hybridized carbons (Fsp3) is 0.200. The normalized spacial score (nSPS) is 11.7. The Hall–Kier alpha value is -2.35. The molecule has 0 aliphatic carbocycles. The molecule has 1 aromatic heterocycles. The Bertz CT molecular complexity index is 719. The van der Waals surface area contributed by atoms with Crippen LogP contribution in [0, 0.1) is 13.8 Å². The molecule has 0 saturated carbocycles. The van der Waals surface area contributed by atoms with Crippen LogP contribution in [0.15, 0.2) is 30.3 Å². The van der Waals surface area contributed by atoms with Gasteiger partial charge in [0.2, 0.25) is 5.91 Å². The summed E-state index contributed by atoms with van der Waals surface area (Å²) in [5.74, 6) is -0.856. The molecule has 1 amide bonds. The summed E-state index contributed by atoms with van der Waals surface area (Å²) < 4.78 is 40.9. The Morgan fingerprint density at radius 3 is 2.61 bits per heavy atom. The minimum Gasteiger partial charge on any atom is -0.405 e. The van der Waals surface area contributed by atoms with Gasteiger partial charge in [0, 0.05) is 16.5 Å². The average molecular weight is 342 g/mol. The molecule has 0 saturated heterocycles. The number of para-hydroxylation sites is 1. The lowest BCUT2D eigenvalue weighted by atomic mass is 10.2. The Morgan fingerprint density at radius 2 is 2.00 bits per heavy atom. The minimum absolute atomic E-state index is 0.145. The van der Waals surface area contributed by atoms with Gasteiger partial charge in [-0.05, 0) is 26.0 Å². The van der Waals surface area contributed by atoms with Crippen LogP contribution in [0.3, 0.4) is 0 Å². The number of carbonyl (C=O) groups is 1. The van der Waals surface area contributed by atoms with Gasteiger partial charge in [-0.2, -0.15) is 0 Å². The molecular formula is C15H13F3N2O2S. The van der Waals surface area contributed by atoms with Crippen molar-refractivity contribution < 1.29 is 22.7 Å². The van der Waals surface area contributed by atoms with E-state index in [1.165, 1.54) is 35.6 Å². The van der Waals surface area contributed by atoms with Gasteiger partial charge in [-0.15, -0.1) is 24.5 Å². The highest BCUT2D eigenvalue weighted by Gasteiger charge is 2.31. The molecule has 23 heavy (non-hydrogen) atoms. The van der Waals surface area contributed by atoms with Crippen LogP contribution in [0.1, 0.15) is 16.1 Å². The van der Waals surface area contributed by atoms with E-state index in [-0.39, 0.29) is 11.3 Å². The molecule has 0 atom stereocenters. The summed E-state index contributed by atoms with van der Waals surface area (Å²) in [4.78, 5) is 16.9. The third-order valence-corrected chi connectivity index (χ3v) is 3.81. The number of carbonyl (C=O) groups excluding carboxylic acids is 1. The molecule has 1 heterocycles. The van der Waals surface area contributed by atoms with E-state index in [0.29, 0.717) is 5.13 Å². The van der Waals surface area contributed by atoms with Crippen molar-refractivity contribution in [2.24, 2.45) is 0 Å². The fourth-order valence-corrected chi connectivity index (χ4v) is 2.49. The monoisotopic (exact) mass is 342 g/mol. The quantitative estimate of drug-likeness (QED) is 0.843. The highest BCUT2D eigenvalue weighted by atomic mass is 32.1. The van der Waals surface area contributed by atoms with Gasteiger partial charge in [0.25, 0.3) is 0 Å². The number of nitrogens with zero attached hydrogens (tertiary/aromatic N) is 1. The number of thiazole rings is 1. The Morgan fingerprint density at radius 1 is 1.30 bits per heavy atom. The van der Waals surface area contributed by atoms with Crippen molar-refractivity contribution in [1.82, 2.24) is 4.98 Å². The summed E-state index contributed by atoms with van der Waals surface area (Å²) in [6, 6.07) is 5.56. The number of aryl methyl sites for hydroxylation is 2. The highest BCUT2D eigenvalue weighted by Crippen LogP contribution is 2.27. The molecule has 4 nitrogen and oxygen atoms in total. The second-order valence-corrected chi connectivity index (χ2v) is 5.77. The molecule has 8 heteroatoms. The number of ether oxygens (including phenoxy) is 1. The lowest BCUT2D eigenvalue weighted by molar-refractivity contribution is -0.274. The third kappa shape index (κ3) is 5.10. The lowest BCUT2D eigenvalue weighted by Crippen LogP contribution is -2.17. The molecule has 1 aromatic carbocycles. The first-order valence-electron chi connectivity index (χ1n) is 6.52. The fourth-order valence-electron chi connectivity index (χ4n) is 1.67. The second-order valence-electron chi connectivity index (χ2n) is 4.57. The molecule has 0 aliphatic heterocycles. The molecule has 2 aromatic rings. The van der Waals surface area contributed by atoms with Crippen molar-refractivity contribution in [2.45, 2.75) is 20.2 Å². The van der Waals surface area contributed by atoms with Crippen molar-refractivity contribution >= 4 is 28.5 Å². The van der Waals surface area contributed by atoms with Crippen LogP contribution in [-0.4, -0.2) is 17.3 Å². The maximum atomic E-state index is 12.3. The number of rotatable bonds is 4. The maximum Gasteiger partial charge on any atom is 0.573 e. The number of anilines is 1. The summed E-state index contributed by atoms with van der Waals surface area (Å²) in [5, 5.41) is 3.00. The first-order valence-corrected chi connectivity index (χ1v) is 7.34. The smallest absolute Gasteiger partial charge is 0.405 e. The Labute approximate surface area is 134 Å². The number of hydrogen-bond donors (Lipinski definition) is 1. The van der Waals surface area contributed by atoms with Crippen molar-refractivity contribution in [3.8, 4) is 5.75 Å². The van der Waals surface area contributed by atoms with Gasteiger partial charge in [-0.3, -0.25) is 10.1 Å². The number of amides is 1. The largest absolute Gasteiger partial charge is 0.573 e. The van der Waals surface area contributed by atoms with Gasteiger partial charge in [0.1, 0.15) is 5.75 Å². The van der Waals surface area contributed by atoms with E-state index >= 15 is 0 Å². The SMILES string of the molecule is Cc1nc(NC(=O)/C=C/c2ccccc2OC(F)(F)F)sc1C. The Balaban J connectivity index is 2.09. The van der Waals surface area contributed by atoms with E-state index in [2.05, 4.69) is 15.0 Å². The molecule has 122 valence electrons. The van der Waals surface area contributed by atoms with Gasteiger partial charge in [-0.1, -0.05) is 18.2 Å². The molecule has 0 fully saturated rings. The number of halogens is 3. The lowest BCUT2D eigenvalue weighted by Gasteiger charge is -2.10. The third-order valence-electron chi connectivity index (χ3n) is 2.82. The summed E-state index contributed by atoms with van der Waals surface area (Å²) in [6.45, 7) is 3.70. The second kappa shape index (κ2) is 6.82. The van der Waals surface area contributed by atoms with Crippen LogP contribution in [0.25, 0.3) is 6.08 Å². The molecule has 0 spiro atoms. The molecule has 0 aliphatic rings. The topological polar surface area (TPSA) is 51.2 Å². The van der Waals surface area contributed by atoms with Gasteiger partial charge in [0.15, 0.2) is 5.13 Å². The van der Waals surface area contributed by atoms with Crippen LogP contribution in [0.4, 0.5) is 18.3 Å². The summed E-state index contributed by atoms with van der Waals surface area (Å²) in [5.41, 5.74) is 0.963. The first kappa shape index (κ1) is 17.0. The van der Waals surface area contributed by atoms with Crippen LogP contribution in [0.2, 0.25) is 0 Å². The average Bonchev–Trinajstić information content (AvgIpc) is 2.74. The number of hydrogen-bond acceptors (Lipinski definition) is 4. The maximum absolute atomic E-state index is 12.3. The predicted molar refractivity (Wildman–Crippen MR) is 82.4 cm³/mol. The standard InChI is InChI=1S/C15H13F3N2O2S/c1-9-10(2)23-14(19-9)20-13(21)8-7-11-5-3-4-6-12(11)22-15(16,17)18/h3-8H,1-2H3,(H,19,20,21)/b8-7+. The number of nitrogens with one attached hydrogen (secondary N) is 1. The van der Waals surface area contributed by atoms with Gasteiger partial charge < -0.3 is 4.74 Å². The Kier molecular flexibility index (Phi) is 5.05. The summed E-state index contributed by atoms with van der Waals surface area (Å²) in [6.07, 6.45) is -2.41. The molecule has 0 bridgehead atoms. The van der Waals surface area contributed by atoms with E-state index in [9.17, 15) is 18.0 Å². The van der Waals surface area contributed by atoms with E-state index in [4.69, 9.17) is 0 Å². The minimum atomic E-state index is -4.79. The van der Waals surface area contributed by atoms with Gasteiger partial charge >= 0.3 is 6.36 Å².